The second-order valence-corrected chi connectivity index (χ2v) is 7.52. The molecule has 1 aliphatic heterocycles. The lowest BCUT2D eigenvalue weighted by atomic mass is 9.96. The van der Waals surface area contributed by atoms with Gasteiger partial charge in [0.05, 0.1) is 5.56 Å². The first-order chi connectivity index (χ1) is 13.1. The molecule has 3 rings (SSSR count). The van der Waals surface area contributed by atoms with Crippen LogP contribution in [0.3, 0.4) is 0 Å². The predicted octanol–water partition coefficient (Wildman–Crippen LogP) is 3.53. The van der Waals surface area contributed by atoms with Crippen molar-refractivity contribution in [3.63, 3.8) is 0 Å². The van der Waals surface area contributed by atoms with Crippen LogP contribution in [0.4, 0.5) is 0 Å². The Kier molecular flexibility index (Phi) is 6.76. The Morgan fingerprint density at radius 1 is 1.22 bits per heavy atom. The van der Waals surface area contributed by atoms with Gasteiger partial charge in [0.25, 0.3) is 5.91 Å². The van der Waals surface area contributed by atoms with Gasteiger partial charge in [0.1, 0.15) is 0 Å². The number of piperidine rings is 1. The molecule has 0 bridgehead atoms. The second kappa shape index (κ2) is 9.46. The van der Waals surface area contributed by atoms with Crippen molar-refractivity contribution < 1.29 is 9.59 Å². The largest absolute Gasteiger partial charge is 0.352 e. The van der Waals surface area contributed by atoms with Gasteiger partial charge in [-0.2, -0.15) is 0 Å². The second-order valence-electron chi connectivity index (χ2n) is 6.61. The summed E-state index contributed by atoms with van der Waals surface area (Å²) in [6.45, 7) is 2.06. The van der Waals surface area contributed by atoms with Gasteiger partial charge >= 0.3 is 0 Å². The Hall–Kier alpha value is -2.47. The summed E-state index contributed by atoms with van der Waals surface area (Å²) in [6.07, 6.45) is 8.47. The van der Waals surface area contributed by atoms with Crippen LogP contribution in [-0.4, -0.2) is 41.3 Å². The third-order valence-corrected chi connectivity index (χ3v) is 5.16. The third-order valence-electron chi connectivity index (χ3n) is 4.67. The molecule has 0 radical (unpaired) electrons. The van der Waals surface area contributed by atoms with Crippen LogP contribution in [0.15, 0.2) is 59.3 Å². The van der Waals surface area contributed by atoms with Gasteiger partial charge in [0.2, 0.25) is 5.91 Å². The first-order valence-corrected chi connectivity index (χ1v) is 9.82. The third kappa shape index (κ3) is 5.76. The molecule has 0 spiro atoms. The Bertz CT molecular complexity index is 815. The average Bonchev–Trinajstić information content (AvgIpc) is 2.71. The van der Waals surface area contributed by atoms with Crippen LogP contribution in [0.25, 0.3) is 6.08 Å². The van der Waals surface area contributed by atoms with Gasteiger partial charge in [-0.05, 0) is 54.7 Å². The van der Waals surface area contributed by atoms with Gasteiger partial charge in [-0.1, -0.05) is 28.1 Å². The maximum Gasteiger partial charge on any atom is 0.252 e. The number of rotatable bonds is 5. The molecule has 0 unspecified atom stereocenters. The number of carbonyl (C=O) groups excluding carboxylic acids is 2. The summed E-state index contributed by atoms with van der Waals surface area (Å²) in [5.41, 5.74) is 1.56. The highest BCUT2D eigenvalue weighted by molar-refractivity contribution is 9.10. The summed E-state index contributed by atoms with van der Waals surface area (Å²) in [6, 6.07) is 11.3. The SMILES string of the molecule is O=C(NCC1CCN(C(=O)/C=C/c2cccc(Br)c2)CC1)c1cccnc1. The smallest absolute Gasteiger partial charge is 0.252 e. The standard InChI is InChI=1S/C21H22BrN3O2/c22-19-5-1-3-16(13-19)6-7-20(26)25-11-8-17(9-12-25)14-24-21(27)18-4-2-10-23-15-18/h1-7,10,13,15,17H,8-9,11-12,14H2,(H,24,27)/b7-6+. The fraction of sp³-hybridized carbons (Fsp3) is 0.286. The molecule has 1 saturated heterocycles. The van der Waals surface area contributed by atoms with Crippen LogP contribution in [0.5, 0.6) is 0 Å². The molecule has 2 amide bonds. The average molecular weight is 428 g/mol. The van der Waals surface area contributed by atoms with Gasteiger partial charge in [-0.25, -0.2) is 0 Å². The van der Waals surface area contributed by atoms with Gasteiger partial charge < -0.3 is 10.2 Å². The van der Waals surface area contributed by atoms with E-state index in [2.05, 4.69) is 26.2 Å². The van der Waals surface area contributed by atoms with Crippen LogP contribution in [0.1, 0.15) is 28.8 Å². The molecule has 5 nitrogen and oxygen atoms in total. The van der Waals surface area contributed by atoms with Gasteiger partial charge in [0, 0.05) is 42.6 Å². The number of hydrogen-bond acceptors (Lipinski definition) is 3. The highest BCUT2D eigenvalue weighted by Gasteiger charge is 2.22. The summed E-state index contributed by atoms with van der Waals surface area (Å²) in [5, 5.41) is 2.96. The minimum Gasteiger partial charge on any atom is -0.352 e. The first kappa shape index (κ1) is 19.3. The molecule has 2 aromatic rings. The lowest BCUT2D eigenvalue weighted by Crippen LogP contribution is -2.41. The normalized spacial score (nSPS) is 15.1. The summed E-state index contributed by atoms with van der Waals surface area (Å²) in [5.74, 6) is 0.329. The van der Waals surface area contributed by atoms with Crippen molar-refractivity contribution >= 4 is 33.8 Å². The predicted molar refractivity (Wildman–Crippen MR) is 109 cm³/mol. The molecule has 140 valence electrons. The van der Waals surface area contributed by atoms with Crippen LogP contribution in [-0.2, 0) is 4.79 Å². The Morgan fingerprint density at radius 2 is 2.04 bits per heavy atom. The summed E-state index contributed by atoms with van der Waals surface area (Å²) < 4.78 is 0.992. The lowest BCUT2D eigenvalue weighted by molar-refractivity contribution is -0.127. The quantitative estimate of drug-likeness (QED) is 0.742. The molecule has 1 aromatic heterocycles. The van der Waals surface area contributed by atoms with Crippen molar-refractivity contribution in [3.8, 4) is 0 Å². The maximum atomic E-state index is 12.4. The van der Waals surface area contributed by atoms with Crippen LogP contribution in [0.2, 0.25) is 0 Å². The Morgan fingerprint density at radius 3 is 2.74 bits per heavy atom. The highest BCUT2D eigenvalue weighted by Crippen LogP contribution is 2.18. The number of carbonyl (C=O) groups is 2. The van der Waals surface area contributed by atoms with Gasteiger partial charge in [0.15, 0.2) is 0 Å². The number of hydrogen-bond donors (Lipinski definition) is 1. The number of likely N-dealkylation sites (tertiary alicyclic amines) is 1. The van der Waals surface area contributed by atoms with Gasteiger partial charge in [-0.3, -0.25) is 14.6 Å². The zero-order chi connectivity index (χ0) is 19.1. The molecule has 1 aliphatic rings. The zero-order valence-corrected chi connectivity index (χ0v) is 16.6. The molecule has 1 fully saturated rings. The van der Waals surface area contributed by atoms with E-state index in [9.17, 15) is 9.59 Å². The van der Waals surface area contributed by atoms with Crippen molar-refractivity contribution in [1.29, 1.82) is 0 Å². The number of benzene rings is 1. The summed E-state index contributed by atoms with van der Waals surface area (Å²) in [4.78, 5) is 30.3. The van der Waals surface area contributed by atoms with E-state index in [0.717, 1.165) is 36.0 Å². The molecular formula is C21H22BrN3O2. The van der Waals surface area contributed by atoms with E-state index in [0.29, 0.717) is 18.0 Å². The Labute approximate surface area is 167 Å². The Balaban J connectivity index is 1.43. The number of nitrogens with zero attached hydrogens (tertiary/aromatic N) is 2. The molecule has 6 heteroatoms. The number of aromatic nitrogens is 1. The molecule has 2 heterocycles. The van der Waals surface area contributed by atoms with Crippen LogP contribution in [0, 0.1) is 5.92 Å². The molecule has 0 aliphatic carbocycles. The van der Waals surface area contributed by atoms with Gasteiger partial charge in [-0.15, -0.1) is 0 Å². The number of halogens is 1. The van der Waals surface area contributed by atoms with Crippen molar-refractivity contribution in [2.24, 2.45) is 5.92 Å². The monoisotopic (exact) mass is 427 g/mol. The van der Waals surface area contributed by atoms with E-state index in [1.807, 2.05) is 35.2 Å². The molecule has 27 heavy (non-hydrogen) atoms. The highest BCUT2D eigenvalue weighted by atomic mass is 79.9. The summed E-state index contributed by atoms with van der Waals surface area (Å²) in [7, 11) is 0. The van der Waals surface area contributed by atoms with Crippen molar-refractivity contribution in [2.75, 3.05) is 19.6 Å². The lowest BCUT2D eigenvalue weighted by Gasteiger charge is -2.31. The fourth-order valence-corrected chi connectivity index (χ4v) is 3.49. The number of amides is 2. The molecule has 0 atom stereocenters. The molecule has 0 saturated carbocycles. The topological polar surface area (TPSA) is 62.3 Å². The number of pyridine rings is 1. The van der Waals surface area contributed by atoms with Crippen LogP contribution < -0.4 is 5.32 Å². The van der Waals surface area contributed by atoms with E-state index in [1.165, 1.54) is 0 Å². The van der Waals surface area contributed by atoms with E-state index in [4.69, 9.17) is 0 Å². The van der Waals surface area contributed by atoms with E-state index in [-0.39, 0.29) is 11.8 Å². The van der Waals surface area contributed by atoms with Crippen LogP contribution >= 0.6 is 15.9 Å². The van der Waals surface area contributed by atoms with Crippen molar-refractivity contribution in [3.05, 3.63) is 70.5 Å². The molecular weight excluding hydrogens is 406 g/mol. The van der Waals surface area contributed by atoms with E-state index in [1.54, 1.807) is 30.6 Å². The molecule has 1 aromatic carbocycles. The van der Waals surface area contributed by atoms with E-state index >= 15 is 0 Å². The fourth-order valence-electron chi connectivity index (χ4n) is 3.08. The van der Waals surface area contributed by atoms with Crippen molar-refractivity contribution in [2.45, 2.75) is 12.8 Å². The minimum absolute atomic E-state index is 0.0350. The maximum absolute atomic E-state index is 12.4. The zero-order valence-electron chi connectivity index (χ0n) is 15.0. The number of nitrogens with one attached hydrogen (secondary N) is 1. The van der Waals surface area contributed by atoms with E-state index < -0.39 is 0 Å². The molecule has 1 N–H and O–H groups in total. The summed E-state index contributed by atoms with van der Waals surface area (Å²) >= 11 is 3.43. The van der Waals surface area contributed by atoms with Crippen molar-refractivity contribution in [1.82, 2.24) is 15.2 Å². The first-order valence-electron chi connectivity index (χ1n) is 9.02. The minimum atomic E-state index is -0.0986.